The maximum Gasteiger partial charge on any atom is 0.257 e. The minimum absolute atomic E-state index is 0.0745. The van der Waals surface area contributed by atoms with Crippen molar-refractivity contribution < 1.29 is 9.63 Å². The predicted octanol–water partition coefficient (Wildman–Crippen LogP) is 2.36. The summed E-state index contributed by atoms with van der Waals surface area (Å²) in [5.74, 6) is 1.11. The van der Waals surface area contributed by atoms with Crippen LogP contribution in [0.4, 0.5) is 0 Å². The van der Waals surface area contributed by atoms with E-state index in [1.807, 2.05) is 42.5 Å². The molecule has 1 aliphatic carbocycles. The smallest absolute Gasteiger partial charge is 0.257 e. The Bertz CT molecular complexity index is 804. The van der Waals surface area contributed by atoms with Crippen LogP contribution in [0.15, 0.2) is 59.1 Å². The summed E-state index contributed by atoms with van der Waals surface area (Å²) in [6.07, 6.45) is 1.62. The summed E-state index contributed by atoms with van der Waals surface area (Å²) in [6.45, 7) is 0.538. The van der Waals surface area contributed by atoms with E-state index in [1.165, 1.54) is 11.1 Å². The fourth-order valence-electron chi connectivity index (χ4n) is 3.28. The molecular formula is C19H19N3O2. The number of aromatic nitrogens is 2. The zero-order chi connectivity index (χ0) is 16.4. The number of nitrogens with one attached hydrogen (secondary N) is 1. The minimum atomic E-state index is -0.350. The Balaban J connectivity index is 1.46. The number of benzene rings is 2. The van der Waals surface area contributed by atoms with Gasteiger partial charge in [0.1, 0.15) is 0 Å². The standard InChI is InChI=1S/C19H19N3O2/c23-13-19(10-15-8-4-5-9-16(15)11-19)20-12-17-21-18(24-22-17)14-6-2-1-3-7-14/h1-9,20,23H,10-13H2. The highest BCUT2D eigenvalue weighted by molar-refractivity contribution is 5.52. The fraction of sp³-hybridized carbons (Fsp3) is 0.263. The van der Waals surface area contributed by atoms with Gasteiger partial charge < -0.3 is 14.9 Å². The summed E-state index contributed by atoms with van der Waals surface area (Å²) >= 11 is 0. The number of rotatable bonds is 5. The van der Waals surface area contributed by atoms with Gasteiger partial charge in [0, 0.05) is 11.1 Å². The van der Waals surface area contributed by atoms with Gasteiger partial charge in [0.15, 0.2) is 5.82 Å². The first kappa shape index (κ1) is 15.1. The number of fused-ring (bicyclic) bond motifs is 1. The number of nitrogens with zero attached hydrogens (tertiary/aromatic N) is 2. The molecule has 5 nitrogen and oxygen atoms in total. The second-order valence-corrected chi connectivity index (χ2v) is 6.30. The Morgan fingerprint density at radius 3 is 2.33 bits per heavy atom. The summed E-state index contributed by atoms with van der Waals surface area (Å²) in [5, 5.41) is 17.4. The van der Waals surface area contributed by atoms with E-state index >= 15 is 0 Å². The van der Waals surface area contributed by atoms with Crippen molar-refractivity contribution in [1.29, 1.82) is 0 Å². The molecule has 0 spiro atoms. The molecular weight excluding hydrogens is 302 g/mol. The van der Waals surface area contributed by atoms with E-state index < -0.39 is 0 Å². The van der Waals surface area contributed by atoms with E-state index in [-0.39, 0.29) is 12.1 Å². The van der Waals surface area contributed by atoms with Crippen LogP contribution >= 0.6 is 0 Å². The second-order valence-electron chi connectivity index (χ2n) is 6.30. The largest absolute Gasteiger partial charge is 0.394 e. The highest BCUT2D eigenvalue weighted by atomic mass is 16.5. The summed E-state index contributed by atoms with van der Waals surface area (Å²) in [6, 6.07) is 18.0. The summed E-state index contributed by atoms with van der Waals surface area (Å²) in [5.41, 5.74) is 3.13. The maximum atomic E-state index is 9.92. The third-order valence-corrected chi connectivity index (χ3v) is 4.59. The molecule has 0 radical (unpaired) electrons. The average molecular weight is 321 g/mol. The molecule has 24 heavy (non-hydrogen) atoms. The molecule has 0 saturated carbocycles. The molecule has 1 aliphatic rings. The van der Waals surface area contributed by atoms with Crippen molar-refractivity contribution in [2.45, 2.75) is 24.9 Å². The van der Waals surface area contributed by atoms with Gasteiger partial charge in [-0.05, 0) is 36.1 Å². The zero-order valence-electron chi connectivity index (χ0n) is 13.3. The molecule has 1 aromatic heterocycles. The number of hydrogen-bond acceptors (Lipinski definition) is 5. The highest BCUT2D eigenvalue weighted by Gasteiger charge is 2.36. The quantitative estimate of drug-likeness (QED) is 0.755. The van der Waals surface area contributed by atoms with Crippen molar-refractivity contribution in [3.63, 3.8) is 0 Å². The Kier molecular flexibility index (Phi) is 3.88. The van der Waals surface area contributed by atoms with Crippen LogP contribution in [0.1, 0.15) is 17.0 Å². The topological polar surface area (TPSA) is 71.2 Å². The molecule has 5 heteroatoms. The average Bonchev–Trinajstić information content (AvgIpc) is 3.25. The molecule has 0 unspecified atom stereocenters. The number of aliphatic hydroxyl groups is 1. The maximum absolute atomic E-state index is 9.92. The molecule has 0 saturated heterocycles. The summed E-state index contributed by atoms with van der Waals surface area (Å²) < 4.78 is 5.33. The SMILES string of the molecule is OCC1(NCc2noc(-c3ccccc3)n2)Cc2ccccc2C1. The molecule has 2 aromatic carbocycles. The van der Waals surface area contributed by atoms with E-state index in [0.717, 1.165) is 18.4 Å². The molecule has 1 heterocycles. The Hall–Kier alpha value is -2.50. The van der Waals surface area contributed by atoms with Gasteiger partial charge in [-0.15, -0.1) is 0 Å². The molecule has 0 bridgehead atoms. The van der Waals surface area contributed by atoms with Crippen molar-refractivity contribution in [1.82, 2.24) is 15.5 Å². The first-order valence-electron chi connectivity index (χ1n) is 8.09. The van der Waals surface area contributed by atoms with Crippen LogP contribution in [-0.2, 0) is 19.4 Å². The Labute approximate surface area is 140 Å². The van der Waals surface area contributed by atoms with E-state index in [9.17, 15) is 5.11 Å². The van der Waals surface area contributed by atoms with Crippen molar-refractivity contribution in [3.8, 4) is 11.5 Å². The molecule has 0 atom stereocenters. The fourth-order valence-corrected chi connectivity index (χ4v) is 3.28. The van der Waals surface area contributed by atoms with E-state index in [1.54, 1.807) is 0 Å². The Morgan fingerprint density at radius 1 is 1.00 bits per heavy atom. The van der Waals surface area contributed by atoms with E-state index in [4.69, 9.17) is 4.52 Å². The van der Waals surface area contributed by atoms with Crippen molar-refractivity contribution in [2.75, 3.05) is 6.61 Å². The van der Waals surface area contributed by atoms with E-state index in [2.05, 4.69) is 27.6 Å². The van der Waals surface area contributed by atoms with Gasteiger partial charge in [-0.3, -0.25) is 0 Å². The van der Waals surface area contributed by atoms with Gasteiger partial charge in [-0.1, -0.05) is 47.6 Å². The Morgan fingerprint density at radius 2 is 1.67 bits per heavy atom. The first-order chi connectivity index (χ1) is 11.8. The lowest BCUT2D eigenvalue weighted by atomic mass is 9.97. The van der Waals surface area contributed by atoms with Gasteiger partial charge >= 0.3 is 0 Å². The van der Waals surface area contributed by atoms with Crippen LogP contribution in [0.2, 0.25) is 0 Å². The molecule has 3 aromatic rings. The van der Waals surface area contributed by atoms with Crippen LogP contribution < -0.4 is 5.32 Å². The number of aliphatic hydroxyl groups excluding tert-OH is 1. The van der Waals surface area contributed by atoms with Crippen LogP contribution in [0.3, 0.4) is 0 Å². The van der Waals surface area contributed by atoms with Crippen LogP contribution in [0, 0.1) is 0 Å². The monoisotopic (exact) mass is 321 g/mol. The lowest BCUT2D eigenvalue weighted by Gasteiger charge is -2.27. The molecule has 122 valence electrons. The minimum Gasteiger partial charge on any atom is -0.394 e. The normalized spacial score (nSPS) is 15.4. The highest BCUT2D eigenvalue weighted by Crippen LogP contribution is 2.30. The molecule has 0 aliphatic heterocycles. The van der Waals surface area contributed by atoms with Gasteiger partial charge in [0.25, 0.3) is 5.89 Å². The first-order valence-corrected chi connectivity index (χ1v) is 8.09. The third kappa shape index (κ3) is 2.84. The van der Waals surface area contributed by atoms with E-state index in [0.29, 0.717) is 18.3 Å². The zero-order valence-corrected chi connectivity index (χ0v) is 13.3. The molecule has 2 N–H and O–H groups in total. The predicted molar refractivity (Wildman–Crippen MR) is 90.2 cm³/mol. The van der Waals surface area contributed by atoms with Crippen LogP contribution in [0.25, 0.3) is 11.5 Å². The van der Waals surface area contributed by atoms with Gasteiger partial charge in [-0.25, -0.2) is 0 Å². The van der Waals surface area contributed by atoms with Gasteiger partial charge in [-0.2, -0.15) is 4.98 Å². The van der Waals surface area contributed by atoms with Crippen molar-refractivity contribution in [2.24, 2.45) is 0 Å². The molecule has 0 amide bonds. The molecule has 4 rings (SSSR count). The van der Waals surface area contributed by atoms with Crippen molar-refractivity contribution in [3.05, 3.63) is 71.5 Å². The second kappa shape index (κ2) is 6.19. The summed E-state index contributed by atoms with van der Waals surface area (Å²) in [4.78, 5) is 4.43. The third-order valence-electron chi connectivity index (χ3n) is 4.59. The van der Waals surface area contributed by atoms with Crippen LogP contribution in [-0.4, -0.2) is 27.4 Å². The lowest BCUT2D eigenvalue weighted by molar-refractivity contribution is 0.164. The van der Waals surface area contributed by atoms with Crippen LogP contribution in [0.5, 0.6) is 0 Å². The summed E-state index contributed by atoms with van der Waals surface area (Å²) in [7, 11) is 0. The lowest BCUT2D eigenvalue weighted by Crippen LogP contribution is -2.49. The van der Waals surface area contributed by atoms with Gasteiger partial charge in [0.2, 0.25) is 0 Å². The molecule has 0 fully saturated rings. The van der Waals surface area contributed by atoms with Crippen molar-refractivity contribution >= 4 is 0 Å². The number of hydrogen-bond donors (Lipinski definition) is 2. The van der Waals surface area contributed by atoms with Gasteiger partial charge in [0.05, 0.1) is 13.2 Å².